The van der Waals surface area contributed by atoms with Crippen LogP contribution in [0.3, 0.4) is 0 Å². The van der Waals surface area contributed by atoms with Gasteiger partial charge in [0, 0.05) is 12.2 Å². The first kappa shape index (κ1) is 12.4. The minimum atomic E-state index is -0.734. The van der Waals surface area contributed by atoms with Gasteiger partial charge in [-0.05, 0) is 23.6 Å². The highest BCUT2D eigenvalue weighted by atomic mass is 16.2. The van der Waals surface area contributed by atoms with Gasteiger partial charge in [-0.25, -0.2) is 0 Å². The normalized spacial score (nSPS) is 14.4. The number of rotatable bonds is 2. The van der Waals surface area contributed by atoms with E-state index in [9.17, 15) is 10.1 Å². The summed E-state index contributed by atoms with van der Waals surface area (Å²) in [5, 5.41) is 9.36. The fourth-order valence-electron chi connectivity index (χ4n) is 2.64. The zero-order valence-corrected chi connectivity index (χ0v) is 11.0. The fraction of sp³-hybridized carbons (Fsp3) is 0.176. The molecule has 2 aromatic rings. The number of carbonyl (C=O) groups is 1. The Hall–Kier alpha value is -2.60. The van der Waals surface area contributed by atoms with Gasteiger partial charge < -0.3 is 4.90 Å². The molecule has 0 fully saturated rings. The number of para-hydroxylation sites is 1. The third-order valence-electron chi connectivity index (χ3n) is 3.66. The lowest BCUT2D eigenvalue weighted by Gasteiger charge is -2.20. The molecule has 0 aromatic heterocycles. The summed E-state index contributed by atoms with van der Waals surface area (Å²) in [5.74, 6) is -0.869. The number of hydrogen-bond donors (Lipinski definition) is 0. The number of anilines is 1. The summed E-state index contributed by atoms with van der Waals surface area (Å²) in [6, 6.07) is 19.3. The molecule has 2 aromatic carbocycles. The lowest BCUT2D eigenvalue weighted by atomic mass is 9.99. The van der Waals surface area contributed by atoms with Crippen molar-refractivity contribution >= 4 is 11.6 Å². The van der Waals surface area contributed by atoms with Crippen molar-refractivity contribution in [3.63, 3.8) is 0 Å². The molecule has 0 saturated heterocycles. The number of nitrogens with zero attached hydrogens (tertiary/aromatic N) is 2. The predicted octanol–water partition coefficient (Wildman–Crippen LogP) is 2.88. The highest BCUT2D eigenvalue weighted by Gasteiger charge is 2.30. The van der Waals surface area contributed by atoms with Crippen LogP contribution < -0.4 is 4.90 Å². The maximum atomic E-state index is 12.6. The van der Waals surface area contributed by atoms with Crippen molar-refractivity contribution in [2.75, 3.05) is 11.4 Å². The summed E-state index contributed by atoms with van der Waals surface area (Å²) < 4.78 is 0. The molecule has 1 heterocycles. The van der Waals surface area contributed by atoms with E-state index in [0.29, 0.717) is 6.54 Å². The zero-order chi connectivity index (χ0) is 13.9. The Morgan fingerprint density at radius 2 is 1.80 bits per heavy atom. The van der Waals surface area contributed by atoms with E-state index < -0.39 is 5.92 Å². The topological polar surface area (TPSA) is 44.1 Å². The summed E-state index contributed by atoms with van der Waals surface area (Å²) in [5.41, 5.74) is 2.86. The number of benzene rings is 2. The summed E-state index contributed by atoms with van der Waals surface area (Å²) in [6.07, 6.45) is 0.856. The highest BCUT2D eigenvalue weighted by molar-refractivity contribution is 6.01. The Bertz CT molecular complexity index is 673. The lowest BCUT2D eigenvalue weighted by molar-refractivity contribution is -0.118. The molecule has 1 amide bonds. The Labute approximate surface area is 118 Å². The van der Waals surface area contributed by atoms with Crippen LogP contribution in [0.1, 0.15) is 17.0 Å². The minimum absolute atomic E-state index is 0.136. The number of amides is 1. The average molecular weight is 262 g/mol. The number of nitriles is 1. The van der Waals surface area contributed by atoms with Gasteiger partial charge in [-0.3, -0.25) is 4.79 Å². The molecule has 98 valence electrons. The molecule has 3 heteroatoms. The fourth-order valence-corrected chi connectivity index (χ4v) is 2.64. The maximum Gasteiger partial charge on any atom is 0.248 e. The molecule has 1 unspecified atom stereocenters. The molecule has 0 saturated carbocycles. The van der Waals surface area contributed by atoms with Crippen molar-refractivity contribution in [3.05, 3.63) is 65.7 Å². The SMILES string of the molecule is N#CC(C(=O)N1CCc2ccccc21)c1ccccc1. The van der Waals surface area contributed by atoms with Crippen molar-refractivity contribution in [2.24, 2.45) is 0 Å². The van der Waals surface area contributed by atoms with E-state index in [0.717, 1.165) is 17.7 Å². The Kier molecular flexibility index (Phi) is 3.22. The summed E-state index contributed by atoms with van der Waals surface area (Å²) in [7, 11) is 0. The molecular formula is C17H14N2O. The Balaban J connectivity index is 1.92. The second-order valence-electron chi connectivity index (χ2n) is 4.84. The molecule has 3 rings (SSSR count). The molecule has 0 N–H and O–H groups in total. The van der Waals surface area contributed by atoms with Gasteiger partial charge >= 0.3 is 0 Å². The summed E-state index contributed by atoms with van der Waals surface area (Å²) in [4.78, 5) is 14.4. The van der Waals surface area contributed by atoms with E-state index in [2.05, 4.69) is 6.07 Å². The molecule has 1 aliphatic heterocycles. The van der Waals surface area contributed by atoms with Crippen LogP contribution in [-0.4, -0.2) is 12.5 Å². The summed E-state index contributed by atoms with van der Waals surface area (Å²) >= 11 is 0. The third kappa shape index (κ3) is 2.06. The van der Waals surface area contributed by atoms with Crippen molar-refractivity contribution in [3.8, 4) is 6.07 Å². The third-order valence-corrected chi connectivity index (χ3v) is 3.66. The summed E-state index contributed by atoms with van der Waals surface area (Å²) in [6.45, 7) is 0.656. The van der Waals surface area contributed by atoms with Gasteiger partial charge in [0.2, 0.25) is 5.91 Å². The molecule has 0 spiro atoms. The van der Waals surface area contributed by atoms with Crippen LogP contribution in [0, 0.1) is 11.3 Å². The van der Waals surface area contributed by atoms with Gasteiger partial charge in [0.25, 0.3) is 0 Å². The second-order valence-corrected chi connectivity index (χ2v) is 4.84. The van der Waals surface area contributed by atoms with Crippen molar-refractivity contribution in [1.82, 2.24) is 0 Å². The van der Waals surface area contributed by atoms with E-state index in [1.807, 2.05) is 54.6 Å². The molecule has 20 heavy (non-hydrogen) atoms. The number of carbonyl (C=O) groups excluding carboxylic acids is 1. The van der Waals surface area contributed by atoms with Crippen LogP contribution in [0.25, 0.3) is 0 Å². The molecule has 1 atom stereocenters. The number of hydrogen-bond acceptors (Lipinski definition) is 2. The zero-order valence-electron chi connectivity index (χ0n) is 11.0. The van der Waals surface area contributed by atoms with Crippen LogP contribution in [0.4, 0.5) is 5.69 Å². The molecule has 0 bridgehead atoms. The van der Waals surface area contributed by atoms with Crippen LogP contribution in [0.15, 0.2) is 54.6 Å². The van der Waals surface area contributed by atoms with Crippen LogP contribution in [-0.2, 0) is 11.2 Å². The monoisotopic (exact) mass is 262 g/mol. The van der Waals surface area contributed by atoms with Crippen molar-refractivity contribution in [2.45, 2.75) is 12.3 Å². The van der Waals surface area contributed by atoms with Gasteiger partial charge in [0.15, 0.2) is 5.92 Å². The van der Waals surface area contributed by atoms with Crippen LogP contribution in [0.5, 0.6) is 0 Å². The Morgan fingerprint density at radius 1 is 1.10 bits per heavy atom. The van der Waals surface area contributed by atoms with Gasteiger partial charge in [0.1, 0.15) is 0 Å². The van der Waals surface area contributed by atoms with Crippen LogP contribution >= 0.6 is 0 Å². The first-order valence-corrected chi connectivity index (χ1v) is 6.65. The van der Waals surface area contributed by atoms with E-state index in [-0.39, 0.29) is 5.91 Å². The smallest absolute Gasteiger partial charge is 0.248 e. The molecule has 0 aliphatic carbocycles. The second kappa shape index (κ2) is 5.18. The van der Waals surface area contributed by atoms with Gasteiger partial charge in [-0.2, -0.15) is 5.26 Å². The van der Waals surface area contributed by atoms with Gasteiger partial charge in [-0.1, -0.05) is 48.5 Å². The van der Waals surface area contributed by atoms with Gasteiger partial charge in [-0.15, -0.1) is 0 Å². The molecule has 0 radical (unpaired) electrons. The molecule has 1 aliphatic rings. The van der Waals surface area contributed by atoms with E-state index in [1.165, 1.54) is 5.56 Å². The number of fused-ring (bicyclic) bond motifs is 1. The molecular weight excluding hydrogens is 248 g/mol. The van der Waals surface area contributed by atoms with Crippen molar-refractivity contribution < 1.29 is 4.79 Å². The van der Waals surface area contributed by atoms with Crippen molar-refractivity contribution in [1.29, 1.82) is 5.26 Å². The first-order valence-electron chi connectivity index (χ1n) is 6.65. The van der Waals surface area contributed by atoms with Crippen LogP contribution in [0.2, 0.25) is 0 Å². The predicted molar refractivity (Wildman–Crippen MR) is 77.3 cm³/mol. The quantitative estimate of drug-likeness (QED) is 0.835. The Morgan fingerprint density at radius 3 is 2.55 bits per heavy atom. The minimum Gasteiger partial charge on any atom is -0.310 e. The molecule has 3 nitrogen and oxygen atoms in total. The standard InChI is InChI=1S/C17H14N2O/c18-12-15(13-6-2-1-3-7-13)17(20)19-11-10-14-8-4-5-9-16(14)19/h1-9,15H,10-11H2. The van der Waals surface area contributed by atoms with E-state index in [4.69, 9.17) is 0 Å². The van der Waals surface area contributed by atoms with E-state index in [1.54, 1.807) is 4.90 Å². The largest absolute Gasteiger partial charge is 0.310 e. The first-order chi connectivity index (χ1) is 9.81. The highest BCUT2D eigenvalue weighted by Crippen LogP contribution is 2.30. The van der Waals surface area contributed by atoms with Gasteiger partial charge in [0.05, 0.1) is 6.07 Å². The lowest BCUT2D eigenvalue weighted by Crippen LogP contribution is -2.33. The average Bonchev–Trinajstić information content (AvgIpc) is 2.93. The maximum absolute atomic E-state index is 12.6. The van der Waals surface area contributed by atoms with E-state index >= 15 is 0 Å².